The number of likely N-dealkylation sites (N-methyl/N-ethyl adjacent to an activating group) is 3. The molecule has 0 saturated carbocycles. The number of esters is 1. The normalized spacial score (nSPS) is 25.6. The number of amides is 4. The van der Waals surface area contributed by atoms with Crippen LogP contribution < -0.4 is 10.6 Å². The van der Waals surface area contributed by atoms with Gasteiger partial charge in [-0.3, -0.25) is 33.9 Å². The Labute approximate surface area is 309 Å². The van der Waals surface area contributed by atoms with E-state index in [2.05, 4.69) is 10.6 Å². The second-order valence-corrected chi connectivity index (χ2v) is 14.9. The molecule has 4 N–H and O–H groups in total. The second kappa shape index (κ2) is 21.5. The van der Waals surface area contributed by atoms with Gasteiger partial charge < -0.3 is 35.4 Å². The molecule has 1 fully saturated rings. The van der Waals surface area contributed by atoms with Crippen molar-refractivity contribution in [3.05, 3.63) is 24.3 Å². The number of ether oxygens (including phenoxy) is 1. The summed E-state index contributed by atoms with van der Waals surface area (Å²) in [7, 11) is 11.9. The molecule has 16 nitrogen and oxygen atoms in total. The maximum atomic E-state index is 12.2. The molecule has 296 valence electrons. The van der Waals surface area contributed by atoms with Gasteiger partial charge in [0, 0.05) is 47.2 Å². The van der Waals surface area contributed by atoms with Gasteiger partial charge in [-0.1, -0.05) is 30.7 Å². The van der Waals surface area contributed by atoms with Crippen molar-refractivity contribution in [2.45, 2.75) is 95.6 Å². The quantitative estimate of drug-likeness (QED) is 0.229. The molecule has 6 unspecified atom stereocenters. The van der Waals surface area contributed by atoms with E-state index in [0.29, 0.717) is 32.4 Å². The fourth-order valence-corrected chi connectivity index (χ4v) is 6.08. The molecule has 0 aromatic rings. The first-order valence-corrected chi connectivity index (χ1v) is 17.6. The summed E-state index contributed by atoms with van der Waals surface area (Å²) in [5, 5.41) is 24.0. The first-order chi connectivity index (χ1) is 24.1. The van der Waals surface area contributed by atoms with E-state index in [9.17, 15) is 39.0 Å². The number of Topliss-reactive ketones (excluding diaryl/α,β-unsaturated/α-hetero) is 1. The predicted octanol–water partition coefficient (Wildman–Crippen LogP) is 1.96. The van der Waals surface area contributed by atoms with Crippen molar-refractivity contribution >= 4 is 35.8 Å². The standard InChI is InChI=1S/C14H23NO3.C11H21N3O3.C11H19N3O3/c1-10(16)11-8-6-7-9-15(5)12(11)13(17)18-14(2,3)4;2*1-13(2)11(17)12-8-6-4-5-7-14(3)9(8)10(15)16/h6-7,11-12H,8-9H2,1-5H3;8-9H,4-7H2,1-3H3,(H,12,17)(H,15,16);4-5,8-9H,6-7H2,1-3H3,(H,12,17)(H,15,16). The molecular weight excluding hydrogens is 674 g/mol. The topological polar surface area (TPSA) is 192 Å². The highest BCUT2D eigenvalue weighted by Crippen LogP contribution is 2.23. The summed E-state index contributed by atoms with van der Waals surface area (Å²) in [5.74, 6) is -2.39. The Bertz CT molecular complexity index is 1270. The molecule has 52 heavy (non-hydrogen) atoms. The first-order valence-electron chi connectivity index (χ1n) is 17.6. The van der Waals surface area contributed by atoms with Crippen LogP contribution in [-0.4, -0.2) is 175 Å². The minimum Gasteiger partial charge on any atom is -0.480 e. The maximum absolute atomic E-state index is 12.2. The van der Waals surface area contributed by atoms with Crippen molar-refractivity contribution < 1.29 is 43.7 Å². The third-order valence-corrected chi connectivity index (χ3v) is 8.85. The van der Waals surface area contributed by atoms with E-state index < -0.39 is 41.7 Å². The number of carboxylic acids is 2. The summed E-state index contributed by atoms with van der Waals surface area (Å²) >= 11 is 0. The fourth-order valence-electron chi connectivity index (χ4n) is 6.08. The molecule has 3 heterocycles. The number of hydrogen-bond donors (Lipinski definition) is 4. The molecule has 0 bridgehead atoms. The van der Waals surface area contributed by atoms with Crippen LogP contribution in [0.4, 0.5) is 9.59 Å². The number of rotatable bonds is 6. The third kappa shape index (κ3) is 15.3. The number of carbonyl (C=O) groups excluding carboxylic acids is 4. The SMILES string of the molecule is CC(=O)C1CC=CCN(C)C1C(=O)OC(C)(C)C.CN(C)C(=O)NC1CC=CCN(C)C1C(=O)O.CN(C)C(=O)NC1CCCCN(C)C1C(=O)O. The number of urea groups is 2. The zero-order chi connectivity index (χ0) is 39.9. The largest absolute Gasteiger partial charge is 0.480 e. The van der Waals surface area contributed by atoms with E-state index >= 15 is 0 Å². The van der Waals surface area contributed by atoms with E-state index in [-0.39, 0.29) is 35.8 Å². The molecule has 0 aromatic carbocycles. The van der Waals surface area contributed by atoms with Gasteiger partial charge in [-0.2, -0.15) is 0 Å². The Balaban J connectivity index is 0.000000390. The van der Waals surface area contributed by atoms with Crippen molar-refractivity contribution in [2.75, 3.05) is 69.0 Å². The Morgan fingerprint density at radius 2 is 1.15 bits per heavy atom. The summed E-state index contributed by atoms with van der Waals surface area (Å²) in [6, 6.07) is -3.07. The summed E-state index contributed by atoms with van der Waals surface area (Å²) in [6.45, 7) is 9.03. The lowest BCUT2D eigenvalue weighted by molar-refractivity contribution is -0.164. The van der Waals surface area contributed by atoms with Gasteiger partial charge in [-0.15, -0.1) is 0 Å². The fraction of sp³-hybridized carbons (Fsp3) is 0.722. The highest BCUT2D eigenvalue weighted by Gasteiger charge is 2.38. The van der Waals surface area contributed by atoms with E-state index in [0.717, 1.165) is 19.4 Å². The molecule has 6 atom stereocenters. The highest BCUT2D eigenvalue weighted by molar-refractivity contribution is 5.88. The van der Waals surface area contributed by atoms with Gasteiger partial charge in [0.1, 0.15) is 29.5 Å². The molecule has 1 saturated heterocycles. The number of nitrogens with zero attached hydrogens (tertiary/aromatic N) is 5. The summed E-state index contributed by atoms with van der Waals surface area (Å²) in [5.41, 5.74) is -0.529. The number of hydrogen-bond acceptors (Lipinski definition) is 10. The van der Waals surface area contributed by atoms with Crippen molar-refractivity contribution in [1.82, 2.24) is 35.1 Å². The number of carbonyl (C=O) groups is 6. The van der Waals surface area contributed by atoms with Crippen LogP contribution in [0, 0.1) is 5.92 Å². The molecular formula is C36H63N7O9. The van der Waals surface area contributed by atoms with Crippen LogP contribution in [0.25, 0.3) is 0 Å². The lowest BCUT2D eigenvalue weighted by Gasteiger charge is -2.31. The molecule has 3 aliphatic heterocycles. The van der Waals surface area contributed by atoms with E-state index in [1.807, 2.05) is 57.0 Å². The smallest absolute Gasteiger partial charge is 0.324 e. The van der Waals surface area contributed by atoms with Crippen LogP contribution >= 0.6 is 0 Å². The maximum Gasteiger partial charge on any atom is 0.324 e. The Kier molecular flexibility index (Phi) is 19.0. The Morgan fingerprint density at radius 3 is 1.62 bits per heavy atom. The zero-order valence-electron chi connectivity index (χ0n) is 32.9. The van der Waals surface area contributed by atoms with E-state index in [1.54, 1.807) is 52.1 Å². The summed E-state index contributed by atoms with van der Waals surface area (Å²) in [6.07, 6.45) is 11.5. The van der Waals surface area contributed by atoms with Gasteiger partial charge >= 0.3 is 30.0 Å². The first kappa shape index (κ1) is 46.0. The molecule has 16 heteroatoms. The predicted molar refractivity (Wildman–Crippen MR) is 198 cm³/mol. The zero-order valence-corrected chi connectivity index (χ0v) is 32.9. The van der Waals surface area contributed by atoms with Crippen molar-refractivity contribution in [3.8, 4) is 0 Å². The number of likely N-dealkylation sites (tertiary alicyclic amines) is 1. The van der Waals surface area contributed by atoms with Gasteiger partial charge in [0.05, 0.1) is 12.1 Å². The lowest BCUT2D eigenvalue weighted by Crippen LogP contribution is -2.55. The number of ketones is 1. The van der Waals surface area contributed by atoms with Gasteiger partial charge in [0.25, 0.3) is 0 Å². The van der Waals surface area contributed by atoms with Crippen LogP contribution in [0.15, 0.2) is 24.3 Å². The van der Waals surface area contributed by atoms with Crippen LogP contribution in [-0.2, 0) is 23.9 Å². The second-order valence-electron chi connectivity index (χ2n) is 14.9. The Hall–Kier alpha value is -4.02. The van der Waals surface area contributed by atoms with Crippen molar-refractivity contribution in [3.63, 3.8) is 0 Å². The van der Waals surface area contributed by atoms with Crippen LogP contribution in [0.1, 0.15) is 59.8 Å². The third-order valence-electron chi connectivity index (χ3n) is 8.85. The van der Waals surface area contributed by atoms with Crippen molar-refractivity contribution in [2.24, 2.45) is 5.92 Å². The average molecular weight is 738 g/mol. The van der Waals surface area contributed by atoms with Crippen LogP contribution in [0.2, 0.25) is 0 Å². The van der Waals surface area contributed by atoms with Gasteiger partial charge in [-0.25, -0.2) is 9.59 Å². The van der Waals surface area contributed by atoms with E-state index in [1.165, 1.54) is 16.7 Å². The summed E-state index contributed by atoms with van der Waals surface area (Å²) in [4.78, 5) is 77.9. The molecule has 0 radical (unpaired) electrons. The van der Waals surface area contributed by atoms with Crippen LogP contribution in [0.5, 0.6) is 0 Å². The van der Waals surface area contributed by atoms with Crippen molar-refractivity contribution in [1.29, 1.82) is 0 Å². The number of allylic oxidation sites excluding steroid dienone is 1. The van der Waals surface area contributed by atoms with E-state index in [4.69, 9.17) is 4.74 Å². The Morgan fingerprint density at radius 1 is 0.692 bits per heavy atom. The molecule has 3 aliphatic rings. The molecule has 0 aliphatic carbocycles. The molecule has 0 aromatic heterocycles. The average Bonchev–Trinajstić information content (AvgIpc) is 3.42. The molecule has 4 amide bonds. The minimum absolute atomic E-state index is 0.0317. The van der Waals surface area contributed by atoms with Crippen LogP contribution in [0.3, 0.4) is 0 Å². The summed E-state index contributed by atoms with van der Waals surface area (Å²) < 4.78 is 5.42. The number of nitrogens with one attached hydrogen (secondary N) is 2. The number of carboxylic acid groups (broad SMARTS) is 2. The van der Waals surface area contributed by atoms with Gasteiger partial charge in [-0.05, 0) is 81.1 Å². The monoisotopic (exact) mass is 737 g/mol. The molecule has 3 rings (SSSR count). The number of aliphatic carboxylic acids is 2. The van der Waals surface area contributed by atoms with Gasteiger partial charge in [0.2, 0.25) is 0 Å². The molecule has 0 spiro atoms. The minimum atomic E-state index is -0.916. The highest BCUT2D eigenvalue weighted by atomic mass is 16.6. The van der Waals surface area contributed by atoms with Gasteiger partial charge in [0.15, 0.2) is 0 Å². The lowest BCUT2D eigenvalue weighted by atomic mass is 9.92.